The number of ether oxygens (including phenoxy) is 1. The molecule has 1 heterocycles. The Balaban J connectivity index is 1.39. The van der Waals surface area contributed by atoms with Crippen LogP contribution >= 0.6 is 0 Å². The fourth-order valence-corrected chi connectivity index (χ4v) is 3.94. The quantitative estimate of drug-likeness (QED) is 0.888. The number of hydrogen-bond donors (Lipinski definition) is 1. The second-order valence-electron chi connectivity index (χ2n) is 7.49. The normalized spacial score (nSPS) is 25.5. The van der Waals surface area contributed by atoms with E-state index in [9.17, 15) is 4.39 Å². The third-order valence-corrected chi connectivity index (χ3v) is 5.63. The predicted molar refractivity (Wildman–Crippen MR) is 95.8 cm³/mol. The maximum Gasteiger partial charge on any atom is 0.166 e. The Morgan fingerprint density at radius 1 is 1.16 bits per heavy atom. The topological polar surface area (TPSA) is 62.3 Å². The van der Waals surface area contributed by atoms with Crippen LogP contribution in [0.1, 0.15) is 50.5 Å². The summed E-state index contributed by atoms with van der Waals surface area (Å²) in [4.78, 5) is 2.50. The van der Waals surface area contributed by atoms with E-state index in [-0.39, 0.29) is 11.9 Å². The number of halogens is 1. The van der Waals surface area contributed by atoms with Crippen molar-refractivity contribution in [1.29, 1.82) is 5.26 Å². The van der Waals surface area contributed by atoms with Gasteiger partial charge in [0.25, 0.3) is 0 Å². The van der Waals surface area contributed by atoms with Crippen molar-refractivity contribution in [2.24, 2.45) is 11.7 Å². The van der Waals surface area contributed by atoms with Crippen molar-refractivity contribution < 1.29 is 9.13 Å². The summed E-state index contributed by atoms with van der Waals surface area (Å²) in [5.41, 5.74) is 6.30. The fourth-order valence-electron chi connectivity index (χ4n) is 3.94. The number of likely N-dealkylation sites (tertiary alicyclic amines) is 1. The number of benzene rings is 1. The lowest BCUT2D eigenvalue weighted by atomic mass is 9.84. The molecule has 0 spiro atoms. The summed E-state index contributed by atoms with van der Waals surface area (Å²) in [6.45, 7) is 3.17. The molecule has 1 aliphatic carbocycles. The average molecular weight is 345 g/mol. The number of nitrogens with two attached hydrogens (primary N) is 1. The smallest absolute Gasteiger partial charge is 0.166 e. The largest absolute Gasteiger partial charge is 0.487 e. The van der Waals surface area contributed by atoms with Crippen LogP contribution in [0.5, 0.6) is 5.75 Å². The molecule has 1 saturated carbocycles. The first-order valence-corrected chi connectivity index (χ1v) is 9.48. The third-order valence-electron chi connectivity index (χ3n) is 5.63. The van der Waals surface area contributed by atoms with E-state index >= 15 is 0 Å². The van der Waals surface area contributed by atoms with Gasteiger partial charge in [0.2, 0.25) is 0 Å². The molecule has 2 fully saturated rings. The van der Waals surface area contributed by atoms with Gasteiger partial charge in [-0.05, 0) is 75.6 Å². The number of hydrogen-bond acceptors (Lipinski definition) is 4. The van der Waals surface area contributed by atoms with E-state index in [1.54, 1.807) is 12.1 Å². The summed E-state index contributed by atoms with van der Waals surface area (Å²) in [6, 6.07) is 6.76. The second kappa shape index (κ2) is 8.64. The van der Waals surface area contributed by atoms with Crippen LogP contribution in [0.2, 0.25) is 0 Å². The van der Waals surface area contributed by atoms with Crippen LogP contribution in [0.3, 0.4) is 0 Å². The summed E-state index contributed by atoms with van der Waals surface area (Å²) in [6.07, 6.45) is 8.09. The molecule has 0 radical (unpaired) electrons. The van der Waals surface area contributed by atoms with Crippen molar-refractivity contribution in [3.8, 4) is 11.8 Å². The van der Waals surface area contributed by atoms with Crippen LogP contribution in [0.25, 0.3) is 0 Å². The van der Waals surface area contributed by atoms with E-state index in [2.05, 4.69) is 4.90 Å². The van der Waals surface area contributed by atoms with Crippen molar-refractivity contribution >= 4 is 0 Å². The van der Waals surface area contributed by atoms with E-state index < -0.39 is 5.82 Å². The van der Waals surface area contributed by atoms with Gasteiger partial charge in [0.1, 0.15) is 6.10 Å². The van der Waals surface area contributed by atoms with Crippen molar-refractivity contribution in [2.75, 3.05) is 19.6 Å². The lowest BCUT2D eigenvalue weighted by molar-refractivity contribution is 0.0922. The molecule has 0 bridgehead atoms. The molecule has 25 heavy (non-hydrogen) atoms. The van der Waals surface area contributed by atoms with Gasteiger partial charge in [0, 0.05) is 19.1 Å². The molecule has 136 valence electrons. The van der Waals surface area contributed by atoms with E-state index in [0.717, 1.165) is 38.4 Å². The molecule has 1 aromatic carbocycles. The Kier molecular flexibility index (Phi) is 6.28. The number of nitrogens with zero attached hydrogens (tertiary/aromatic N) is 2. The molecule has 1 aliphatic heterocycles. The highest BCUT2D eigenvalue weighted by Crippen LogP contribution is 2.27. The molecule has 4 nitrogen and oxygen atoms in total. The van der Waals surface area contributed by atoms with Gasteiger partial charge in [-0.1, -0.05) is 0 Å². The Labute approximate surface area is 149 Å². The van der Waals surface area contributed by atoms with Gasteiger partial charge in [-0.25, -0.2) is 4.39 Å². The lowest BCUT2D eigenvalue weighted by Gasteiger charge is -2.34. The van der Waals surface area contributed by atoms with E-state index in [1.165, 1.54) is 38.2 Å². The molecule has 0 aromatic heterocycles. The summed E-state index contributed by atoms with van der Waals surface area (Å²) in [5.74, 6) is 0.648. The zero-order valence-electron chi connectivity index (χ0n) is 14.8. The van der Waals surface area contributed by atoms with E-state index in [1.807, 2.05) is 6.07 Å². The van der Waals surface area contributed by atoms with Crippen LogP contribution in [-0.4, -0.2) is 36.7 Å². The highest BCUT2D eigenvalue weighted by Gasteiger charge is 2.23. The first kappa shape index (κ1) is 18.2. The minimum atomic E-state index is -0.447. The Morgan fingerprint density at radius 3 is 2.52 bits per heavy atom. The summed E-state index contributed by atoms with van der Waals surface area (Å²) < 4.78 is 19.7. The van der Waals surface area contributed by atoms with Gasteiger partial charge < -0.3 is 15.4 Å². The van der Waals surface area contributed by atoms with Gasteiger partial charge in [0.15, 0.2) is 11.6 Å². The molecule has 1 saturated heterocycles. The molecule has 5 heteroatoms. The van der Waals surface area contributed by atoms with Gasteiger partial charge >= 0.3 is 0 Å². The van der Waals surface area contributed by atoms with Gasteiger partial charge in [-0.3, -0.25) is 0 Å². The van der Waals surface area contributed by atoms with Crippen molar-refractivity contribution in [1.82, 2.24) is 4.90 Å². The Bertz CT molecular complexity index is 599. The van der Waals surface area contributed by atoms with Crippen LogP contribution in [0.4, 0.5) is 4.39 Å². The molecule has 3 rings (SSSR count). The van der Waals surface area contributed by atoms with Gasteiger partial charge in [-0.2, -0.15) is 5.26 Å². The van der Waals surface area contributed by atoms with E-state index in [4.69, 9.17) is 15.7 Å². The molecule has 0 atom stereocenters. The molecular formula is C20H28FN3O. The summed E-state index contributed by atoms with van der Waals surface area (Å²) in [7, 11) is 0. The molecular weight excluding hydrogens is 317 g/mol. The predicted octanol–water partition coefficient (Wildman–Crippen LogP) is 3.45. The lowest BCUT2D eigenvalue weighted by Crippen LogP contribution is -2.39. The number of rotatable bonds is 5. The highest BCUT2D eigenvalue weighted by molar-refractivity contribution is 5.36. The maximum absolute atomic E-state index is 13.9. The Hall–Kier alpha value is -1.64. The minimum Gasteiger partial charge on any atom is -0.487 e. The van der Waals surface area contributed by atoms with Crippen molar-refractivity contribution in [3.63, 3.8) is 0 Å². The van der Waals surface area contributed by atoms with Crippen LogP contribution in [0.15, 0.2) is 18.2 Å². The minimum absolute atomic E-state index is 0.0614. The summed E-state index contributed by atoms with van der Waals surface area (Å²) >= 11 is 0. The van der Waals surface area contributed by atoms with E-state index in [0.29, 0.717) is 11.6 Å². The summed E-state index contributed by atoms with van der Waals surface area (Å²) in [5, 5.41) is 8.79. The monoisotopic (exact) mass is 345 g/mol. The van der Waals surface area contributed by atoms with Gasteiger partial charge in [-0.15, -0.1) is 0 Å². The van der Waals surface area contributed by atoms with Gasteiger partial charge in [0.05, 0.1) is 11.6 Å². The maximum atomic E-state index is 13.9. The molecule has 0 unspecified atom stereocenters. The first-order chi connectivity index (χ1) is 12.1. The number of nitriles is 1. The third kappa shape index (κ3) is 5.17. The van der Waals surface area contributed by atoms with Crippen molar-refractivity contribution in [2.45, 2.75) is 57.1 Å². The SMILES string of the molecule is N#Cc1ccc(OC2CCN(CCC3CCC(N)CC3)CC2)c(F)c1. The van der Waals surface area contributed by atoms with Crippen LogP contribution in [-0.2, 0) is 0 Å². The molecule has 0 amide bonds. The zero-order chi connectivity index (χ0) is 17.6. The highest BCUT2D eigenvalue weighted by atomic mass is 19.1. The first-order valence-electron chi connectivity index (χ1n) is 9.48. The Morgan fingerprint density at radius 2 is 1.88 bits per heavy atom. The standard InChI is InChI=1S/C20H28FN3O/c21-19-13-16(14-22)3-6-20(19)25-18-8-11-24(12-9-18)10-7-15-1-4-17(23)5-2-15/h3,6,13,15,17-18H,1-2,4-5,7-12,23H2. The van der Waals surface area contributed by atoms with Crippen molar-refractivity contribution in [3.05, 3.63) is 29.6 Å². The fraction of sp³-hybridized carbons (Fsp3) is 0.650. The second-order valence-corrected chi connectivity index (χ2v) is 7.49. The zero-order valence-corrected chi connectivity index (χ0v) is 14.8. The number of piperidine rings is 1. The molecule has 2 aliphatic rings. The van der Waals surface area contributed by atoms with Crippen LogP contribution < -0.4 is 10.5 Å². The molecule has 1 aromatic rings. The average Bonchev–Trinajstić information content (AvgIpc) is 2.64. The van der Waals surface area contributed by atoms with Crippen LogP contribution in [0, 0.1) is 23.1 Å². The molecule has 2 N–H and O–H groups in total.